The van der Waals surface area contributed by atoms with Gasteiger partial charge in [0.15, 0.2) is 0 Å². The molecule has 2 N–H and O–H groups in total. The summed E-state index contributed by atoms with van der Waals surface area (Å²) in [5.41, 5.74) is 1.34. The van der Waals surface area contributed by atoms with Gasteiger partial charge in [-0.25, -0.2) is 0 Å². The molecule has 0 radical (unpaired) electrons. The monoisotopic (exact) mass is 192 g/mol. The van der Waals surface area contributed by atoms with Gasteiger partial charge in [0.05, 0.1) is 13.2 Å². The molecule has 0 aliphatic heterocycles. The Labute approximate surface area is 82.0 Å². The SMILES string of the molecule is C=C(CC)CC.COC.OCCO. The van der Waals surface area contributed by atoms with Crippen LogP contribution in [-0.4, -0.2) is 37.6 Å². The number of hydrogen-bond donors (Lipinski definition) is 2. The minimum absolute atomic E-state index is 0.125. The molecule has 0 saturated heterocycles. The van der Waals surface area contributed by atoms with Gasteiger partial charge >= 0.3 is 0 Å². The summed E-state index contributed by atoms with van der Waals surface area (Å²) in [6.07, 6.45) is 2.27. The van der Waals surface area contributed by atoms with Crippen LogP contribution in [0.15, 0.2) is 12.2 Å². The first-order chi connectivity index (χ1) is 6.14. The van der Waals surface area contributed by atoms with E-state index in [1.165, 1.54) is 5.57 Å². The minimum Gasteiger partial charge on any atom is -0.394 e. The molecule has 82 valence electrons. The molecule has 0 aromatic carbocycles. The highest BCUT2D eigenvalue weighted by atomic mass is 16.4. The van der Waals surface area contributed by atoms with Gasteiger partial charge in [0.1, 0.15) is 0 Å². The molecule has 0 rings (SSSR count). The van der Waals surface area contributed by atoms with E-state index in [2.05, 4.69) is 25.2 Å². The number of methoxy groups -OCH3 is 1. The van der Waals surface area contributed by atoms with Crippen LogP contribution < -0.4 is 0 Å². The smallest absolute Gasteiger partial charge is 0.0662 e. The molecule has 0 amide bonds. The summed E-state index contributed by atoms with van der Waals surface area (Å²) in [7, 11) is 3.25. The first-order valence-corrected chi connectivity index (χ1v) is 4.42. The Hall–Kier alpha value is -0.380. The highest BCUT2D eigenvalue weighted by Crippen LogP contribution is 1.98. The first-order valence-electron chi connectivity index (χ1n) is 4.42. The molecule has 13 heavy (non-hydrogen) atoms. The third-order valence-corrected chi connectivity index (χ3v) is 1.10. The van der Waals surface area contributed by atoms with Crippen LogP contribution >= 0.6 is 0 Å². The van der Waals surface area contributed by atoms with Crippen LogP contribution in [0.3, 0.4) is 0 Å². The molecule has 0 aliphatic rings. The number of aliphatic hydroxyl groups excluding tert-OH is 2. The van der Waals surface area contributed by atoms with Gasteiger partial charge in [-0.1, -0.05) is 26.0 Å². The first kappa shape index (κ1) is 18.4. The molecular weight excluding hydrogens is 168 g/mol. The van der Waals surface area contributed by atoms with Crippen molar-refractivity contribution >= 4 is 0 Å². The molecule has 0 spiro atoms. The molecular formula is C10H24O3. The van der Waals surface area contributed by atoms with E-state index in [-0.39, 0.29) is 13.2 Å². The van der Waals surface area contributed by atoms with Crippen molar-refractivity contribution in [3.63, 3.8) is 0 Å². The van der Waals surface area contributed by atoms with Crippen LogP contribution in [-0.2, 0) is 4.74 Å². The summed E-state index contributed by atoms with van der Waals surface area (Å²) in [5.74, 6) is 0. The van der Waals surface area contributed by atoms with Crippen molar-refractivity contribution in [1.29, 1.82) is 0 Å². The Kier molecular flexibility index (Phi) is 32.0. The van der Waals surface area contributed by atoms with E-state index in [1.807, 2.05) is 0 Å². The quantitative estimate of drug-likeness (QED) is 0.668. The van der Waals surface area contributed by atoms with Gasteiger partial charge in [-0.2, -0.15) is 0 Å². The Morgan fingerprint density at radius 2 is 1.31 bits per heavy atom. The van der Waals surface area contributed by atoms with Gasteiger partial charge in [-0.05, 0) is 12.8 Å². The van der Waals surface area contributed by atoms with Crippen molar-refractivity contribution in [2.75, 3.05) is 27.4 Å². The van der Waals surface area contributed by atoms with E-state index in [9.17, 15) is 0 Å². The van der Waals surface area contributed by atoms with E-state index in [1.54, 1.807) is 14.2 Å². The number of allylic oxidation sites excluding steroid dienone is 1. The second-order valence-electron chi connectivity index (χ2n) is 2.31. The van der Waals surface area contributed by atoms with Crippen LogP contribution in [0, 0.1) is 0 Å². The van der Waals surface area contributed by atoms with Crippen molar-refractivity contribution in [3.8, 4) is 0 Å². The Morgan fingerprint density at radius 3 is 1.31 bits per heavy atom. The largest absolute Gasteiger partial charge is 0.394 e. The average Bonchev–Trinajstić information content (AvgIpc) is 2.18. The molecule has 0 unspecified atom stereocenters. The van der Waals surface area contributed by atoms with Crippen LogP contribution in [0.25, 0.3) is 0 Å². The maximum atomic E-state index is 7.62. The fourth-order valence-corrected chi connectivity index (χ4v) is 0.250. The lowest BCUT2D eigenvalue weighted by atomic mass is 10.2. The highest BCUT2D eigenvalue weighted by Gasteiger charge is 1.78. The molecule has 0 fully saturated rings. The van der Waals surface area contributed by atoms with Gasteiger partial charge in [0.2, 0.25) is 0 Å². The maximum Gasteiger partial charge on any atom is 0.0662 e. The topological polar surface area (TPSA) is 49.7 Å². The molecule has 0 aromatic heterocycles. The molecule has 0 atom stereocenters. The second kappa shape index (κ2) is 22.6. The van der Waals surface area contributed by atoms with E-state index in [4.69, 9.17) is 10.2 Å². The standard InChI is InChI=1S/C6H12.C2H6O2.C2H6O/c1-4-6(3)5-2;3-1-2-4;1-3-2/h3-5H2,1-2H3;3-4H,1-2H2;1-2H3. The van der Waals surface area contributed by atoms with Crippen LogP contribution in [0.2, 0.25) is 0 Å². The summed E-state index contributed by atoms with van der Waals surface area (Å²) in [4.78, 5) is 0. The van der Waals surface area contributed by atoms with Crippen LogP contribution in [0.1, 0.15) is 26.7 Å². The minimum atomic E-state index is -0.125. The van der Waals surface area contributed by atoms with Crippen molar-refractivity contribution in [2.24, 2.45) is 0 Å². The lowest BCUT2D eigenvalue weighted by Gasteiger charge is -1.89. The molecule has 3 nitrogen and oxygen atoms in total. The number of hydrogen-bond acceptors (Lipinski definition) is 3. The van der Waals surface area contributed by atoms with Crippen molar-refractivity contribution in [2.45, 2.75) is 26.7 Å². The Morgan fingerprint density at radius 1 is 1.08 bits per heavy atom. The van der Waals surface area contributed by atoms with E-state index < -0.39 is 0 Å². The predicted molar refractivity (Wildman–Crippen MR) is 56.8 cm³/mol. The summed E-state index contributed by atoms with van der Waals surface area (Å²) < 4.78 is 4.25. The Balaban J connectivity index is -0.000000125. The second-order valence-corrected chi connectivity index (χ2v) is 2.31. The predicted octanol–water partition coefficient (Wildman–Crippen LogP) is 1.60. The van der Waals surface area contributed by atoms with Gasteiger partial charge in [0.25, 0.3) is 0 Å². The van der Waals surface area contributed by atoms with Gasteiger partial charge in [0, 0.05) is 14.2 Å². The molecule has 3 heteroatoms. The van der Waals surface area contributed by atoms with E-state index in [0.29, 0.717) is 0 Å². The third kappa shape index (κ3) is 50.4. The van der Waals surface area contributed by atoms with E-state index in [0.717, 1.165) is 12.8 Å². The fourth-order valence-electron chi connectivity index (χ4n) is 0.250. The molecule has 0 bridgehead atoms. The molecule has 0 saturated carbocycles. The summed E-state index contributed by atoms with van der Waals surface area (Å²) >= 11 is 0. The number of rotatable bonds is 3. The molecule has 0 aromatic rings. The number of aliphatic hydroxyl groups is 2. The fraction of sp³-hybridized carbons (Fsp3) is 0.800. The normalized spacial score (nSPS) is 7.54. The zero-order valence-electron chi connectivity index (χ0n) is 9.34. The highest BCUT2D eigenvalue weighted by molar-refractivity contribution is 4.89. The van der Waals surface area contributed by atoms with Crippen molar-refractivity contribution in [1.82, 2.24) is 0 Å². The van der Waals surface area contributed by atoms with Crippen molar-refractivity contribution in [3.05, 3.63) is 12.2 Å². The van der Waals surface area contributed by atoms with Crippen LogP contribution in [0.5, 0.6) is 0 Å². The lowest BCUT2D eigenvalue weighted by molar-refractivity contribution is 0.186. The maximum absolute atomic E-state index is 7.62. The Bertz CT molecular complexity index is 74.2. The van der Waals surface area contributed by atoms with Gasteiger partial charge < -0.3 is 14.9 Å². The number of ether oxygens (including phenoxy) is 1. The van der Waals surface area contributed by atoms with E-state index >= 15 is 0 Å². The van der Waals surface area contributed by atoms with Crippen LogP contribution in [0.4, 0.5) is 0 Å². The van der Waals surface area contributed by atoms with Gasteiger partial charge in [-0.3, -0.25) is 0 Å². The van der Waals surface area contributed by atoms with Crippen molar-refractivity contribution < 1.29 is 14.9 Å². The summed E-state index contributed by atoms with van der Waals surface area (Å²) in [6.45, 7) is 7.80. The molecule has 0 heterocycles. The van der Waals surface area contributed by atoms with Gasteiger partial charge in [-0.15, -0.1) is 0 Å². The third-order valence-electron chi connectivity index (χ3n) is 1.10. The zero-order valence-corrected chi connectivity index (χ0v) is 9.34. The average molecular weight is 192 g/mol. The summed E-state index contributed by atoms with van der Waals surface area (Å²) in [5, 5.41) is 15.2. The molecule has 0 aliphatic carbocycles. The summed E-state index contributed by atoms with van der Waals surface area (Å²) in [6, 6.07) is 0. The lowest BCUT2D eigenvalue weighted by Crippen LogP contribution is -1.85. The zero-order chi connectivity index (χ0) is 11.1.